The average Bonchev–Trinajstić information content (AvgIpc) is 3.20. The Labute approximate surface area is 166 Å². The fourth-order valence-electron chi connectivity index (χ4n) is 4.69. The molecule has 0 unspecified atom stereocenters. The molecule has 2 fully saturated rings. The summed E-state index contributed by atoms with van der Waals surface area (Å²) in [5, 5.41) is 9.34. The summed E-state index contributed by atoms with van der Waals surface area (Å²) >= 11 is 0. The number of carbonyl (C=O) groups is 1. The highest BCUT2D eigenvalue weighted by atomic mass is 16.7. The van der Waals surface area contributed by atoms with E-state index in [1.807, 2.05) is 17.0 Å². The van der Waals surface area contributed by atoms with Crippen molar-refractivity contribution in [2.45, 2.75) is 25.3 Å². The van der Waals surface area contributed by atoms with E-state index in [2.05, 4.69) is 16.8 Å². The van der Waals surface area contributed by atoms with Crippen molar-refractivity contribution in [2.75, 3.05) is 59.7 Å². The molecule has 1 amide bonds. The van der Waals surface area contributed by atoms with Gasteiger partial charge in [-0.3, -0.25) is 9.69 Å². The summed E-state index contributed by atoms with van der Waals surface area (Å²) < 4.78 is 10.8. The molecule has 3 aliphatic heterocycles. The number of likely N-dealkylation sites (tertiary alicyclic amines) is 1. The molecule has 1 aromatic carbocycles. The minimum atomic E-state index is 0.0594. The van der Waals surface area contributed by atoms with E-state index in [0.29, 0.717) is 29.0 Å². The molecule has 7 heteroatoms. The largest absolute Gasteiger partial charge is 0.454 e. The second-order valence-electron chi connectivity index (χ2n) is 8.14. The zero-order valence-electron chi connectivity index (χ0n) is 16.7. The smallest absolute Gasteiger partial charge is 0.254 e. The lowest BCUT2D eigenvalue weighted by atomic mass is 9.86. The first-order chi connectivity index (χ1) is 13.7. The Morgan fingerprint density at radius 1 is 1.14 bits per heavy atom. The van der Waals surface area contributed by atoms with Crippen LogP contribution in [0, 0.1) is 5.92 Å². The molecule has 0 spiro atoms. The van der Waals surface area contributed by atoms with E-state index >= 15 is 0 Å². The summed E-state index contributed by atoms with van der Waals surface area (Å²) in [6.07, 6.45) is 2.75. The van der Waals surface area contributed by atoms with Gasteiger partial charge in [-0.2, -0.15) is 0 Å². The number of hydrogen-bond acceptors (Lipinski definition) is 6. The fraction of sp³-hybridized carbons (Fsp3) is 0.667. The highest BCUT2D eigenvalue weighted by Gasteiger charge is 2.36. The quantitative estimate of drug-likeness (QED) is 0.818. The zero-order valence-corrected chi connectivity index (χ0v) is 16.7. The number of fused-ring (bicyclic) bond motifs is 1. The third kappa shape index (κ3) is 4.11. The van der Waals surface area contributed by atoms with Crippen LogP contribution in [0.5, 0.6) is 11.5 Å². The SMILES string of the molecule is CN1CCN([C@H]2CCN(C(=O)c3ccc4c(c3)OCO4)C[C@H]2CCCO)CC1. The normalized spacial score (nSPS) is 25.9. The standard InChI is InChI=1S/C21H31N3O4/c1-22-8-10-23(11-9-22)18-6-7-24(14-17(18)3-2-12-25)21(26)16-4-5-19-20(13-16)28-15-27-19/h4-5,13,17-18,25H,2-3,6-12,14-15H2,1H3/t17-,18+/m1/s1. The van der Waals surface area contributed by atoms with Crippen molar-refractivity contribution >= 4 is 5.91 Å². The molecular weight excluding hydrogens is 358 g/mol. The number of rotatable bonds is 5. The second kappa shape index (κ2) is 8.68. The molecule has 4 rings (SSSR count). The number of nitrogens with zero attached hydrogens (tertiary/aromatic N) is 3. The van der Waals surface area contributed by atoms with E-state index in [4.69, 9.17) is 9.47 Å². The first-order valence-corrected chi connectivity index (χ1v) is 10.4. The maximum absolute atomic E-state index is 13.1. The molecule has 0 aromatic heterocycles. The van der Waals surface area contributed by atoms with Gasteiger partial charge in [0.2, 0.25) is 6.79 Å². The van der Waals surface area contributed by atoms with E-state index in [9.17, 15) is 9.90 Å². The Kier molecular flexibility index (Phi) is 6.04. The summed E-state index contributed by atoms with van der Waals surface area (Å²) in [5.41, 5.74) is 0.656. The fourth-order valence-corrected chi connectivity index (χ4v) is 4.69. The van der Waals surface area contributed by atoms with Gasteiger partial charge in [0.1, 0.15) is 0 Å². The summed E-state index contributed by atoms with van der Waals surface area (Å²) in [6.45, 7) is 6.34. The molecular formula is C21H31N3O4. The van der Waals surface area contributed by atoms with Gasteiger partial charge < -0.3 is 24.4 Å². The molecule has 154 valence electrons. The molecule has 1 aromatic rings. The number of amides is 1. The number of piperazine rings is 1. The van der Waals surface area contributed by atoms with Gasteiger partial charge >= 0.3 is 0 Å². The van der Waals surface area contributed by atoms with Crippen LogP contribution < -0.4 is 9.47 Å². The summed E-state index contributed by atoms with van der Waals surface area (Å²) in [5.74, 6) is 1.81. The van der Waals surface area contributed by atoms with E-state index < -0.39 is 0 Å². The van der Waals surface area contributed by atoms with E-state index in [0.717, 1.165) is 58.5 Å². The Morgan fingerprint density at radius 3 is 2.71 bits per heavy atom. The number of carbonyl (C=O) groups excluding carboxylic acids is 1. The van der Waals surface area contributed by atoms with Gasteiger partial charge in [0.25, 0.3) is 5.91 Å². The first kappa shape index (κ1) is 19.5. The first-order valence-electron chi connectivity index (χ1n) is 10.4. The lowest BCUT2D eigenvalue weighted by Gasteiger charge is -2.46. The number of benzene rings is 1. The minimum absolute atomic E-state index is 0.0594. The van der Waals surface area contributed by atoms with Crippen molar-refractivity contribution in [2.24, 2.45) is 5.92 Å². The number of aliphatic hydroxyl groups excluding tert-OH is 1. The maximum atomic E-state index is 13.1. The van der Waals surface area contributed by atoms with Crippen LogP contribution in [0.25, 0.3) is 0 Å². The molecule has 3 heterocycles. The van der Waals surface area contributed by atoms with E-state index in [1.165, 1.54) is 0 Å². The van der Waals surface area contributed by atoms with Gasteiger partial charge in [-0.25, -0.2) is 0 Å². The summed E-state index contributed by atoms with van der Waals surface area (Å²) in [6, 6.07) is 5.93. The molecule has 2 saturated heterocycles. The number of piperidine rings is 1. The lowest BCUT2D eigenvalue weighted by Crippen LogP contribution is -2.56. The van der Waals surface area contributed by atoms with E-state index in [-0.39, 0.29) is 19.3 Å². The molecule has 0 radical (unpaired) electrons. The van der Waals surface area contributed by atoms with Gasteiger partial charge in [-0.15, -0.1) is 0 Å². The second-order valence-corrected chi connectivity index (χ2v) is 8.14. The van der Waals surface area contributed by atoms with Crippen LogP contribution in [-0.2, 0) is 0 Å². The van der Waals surface area contributed by atoms with Crippen LogP contribution in [0.4, 0.5) is 0 Å². The van der Waals surface area contributed by atoms with E-state index in [1.54, 1.807) is 6.07 Å². The predicted octanol–water partition coefficient (Wildman–Crippen LogP) is 1.27. The van der Waals surface area contributed by atoms with Gasteiger partial charge in [0.05, 0.1) is 0 Å². The number of likely N-dealkylation sites (N-methyl/N-ethyl adjacent to an activating group) is 1. The third-order valence-electron chi connectivity index (χ3n) is 6.34. The molecule has 28 heavy (non-hydrogen) atoms. The molecule has 2 atom stereocenters. The van der Waals surface area contributed by atoms with Crippen molar-refractivity contribution in [1.82, 2.24) is 14.7 Å². The number of hydrogen-bond donors (Lipinski definition) is 1. The third-order valence-corrected chi connectivity index (χ3v) is 6.34. The highest BCUT2D eigenvalue weighted by Crippen LogP contribution is 2.34. The van der Waals surface area contributed by atoms with Crippen LogP contribution in [0.1, 0.15) is 29.6 Å². The van der Waals surface area contributed by atoms with Crippen molar-refractivity contribution in [3.63, 3.8) is 0 Å². The number of aliphatic hydroxyl groups is 1. The van der Waals surface area contributed by atoms with Crippen LogP contribution in [0.15, 0.2) is 18.2 Å². The maximum Gasteiger partial charge on any atom is 0.254 e. The zero-order chi connectivity index (χ0) is 19.5. The predicted molar refractivity (Wildman–Crippen MR) is 106 cm³/mol. The molecule has 3 aliphatic rings. The Balaban J connectivity index is 1.44. The minimum Gasteiger partial charge on any atom is -0.454 e. The van der Waals surface area contributed by atoms with Crippen LogP contribution in [0.2, 0.25) is 0 Å². The van der Waals surface area contributed by atoms with Crippen LogP contribution in [-0.4, -0.2) is 91.5 Å². The Morgan fingerprint density at radius 2 is 1.93 bits per heavy atom. The molecule has 0 aliphatic carbocycles. The molecule has 1 N–H and O–H groups in total. The van der Waals surface area contributed by atoms with Crippen molar-refractivity contribution in [3.05, 3.63) is 23.8 Å². The molecule has 0 bridgehead atoms. The van der Waals surface area contributed by atoms with Gasteiger partial charge in [-0.1, -0.05) is 0 Å². The monoisotopic (exact) mass is 389 g/mol. The number of ether oxygens (including phenoxy) is 2. The Bertz CT molecular complexity index is 690. The van der Waals surface area contributed by atoms with Crippen LogP contribution >= 0.6 is 0 Å². The van der Waals surface area contributed by atoms with Crippen molar-refractivity contribution < 1.29 is 19.4 Å². The lowest BCUT2D eigenvalue weighted by molar-refractivity contribution is 0.0217. The van der Waals surface area contributed by atoms with Crippen molar-refractivity contribution in [3.8, 4) is 11.5 Å². The van der Waals surface area contributed by atoms with Crippen LogP contribution in [0.3, 0.4) is 0 Å². The molecule has 0 saturated carbocycles. The summed E-state index contributed by atoms with van der Waals surface area (Å²) in [7, 11) is 2.17. The van der Waals surface area contributed by atoms with Gasteiger partial charge in [0, 0.05) is 57.5 Å². The topological polar surface area (TPSA) is 65.5 Å². The summed E-state index contributed by atoms with van der Waals surface area (Å²) in [4.78, 5) is 20.1. The van der Waals surface area contributed by atoms with Gasteiger partial charge in [0.15, 0.2) is 11.5 Å². The molecule has 7 nitrogen and oxygen atoms in total. The highest BCUT2D eigenvalue weighted by molar-refractivity contribution is 5.95. The van der Waals surface area contributed by atoms with Crippen molar-refractivity contribution in [1.29, 1.82) is 0 Å². The average molecular weight is 389 g/mol. The Hall–Kier alpha value is -1.83. The van der Waals surface area contributed by atoms with Gasteiger partial charge in [-0.05, 0) is 50.4 Å².